The fraction of sp³-hybridized carbons (Fsp3) is 0.176. The molecule has 0 unspecified atom stereocenters. The Hall–Kier alpha value is -2.14. The molecule has 0 aromatic heterocycles. The Balaban J connectivity index is 1.68. The van der Waals surface area contributed by atoms with Gasteiger partial charge < -0.3 is 10.2 Å². The van der Waals surface area contributed by atoms with Gasteiger partial charge in [0.2, 0.25) is 0 Å². The van der Waals surface area contributed by atoms with Crippen LogP contribution in [0.2, 0.25) is 0 Å². The van der Waals surface area contributed by atoms with Crippen molar-refractivity contribution in [1.29, 1.82) is 0 Å². The summed E-state index contributed by atoms with van der Waals surface area (Å²) in [6.07, 6.45) is 0.784. The van der Waals surface area contributed by atoms with Gasteiger partial charge in [0.15, 0.2) is 0 Å². The molecule has 112 valence electrons. The van der Waals surface area contributed by atoms with Crippen LogP contribution in [0.25, 0.3) is 0 Å². The third-order valence-corrected chi connectivity index (χ3v) is 4.19. The molecule has 4 nitrogen and oxygen atoms in total. The van der Waals surface area contributed by atoms with E-state index in [9.17, 15) is 9.59 Å². The van der Waals surface area contributed by atoms with Crippen LogP contribution in [0.1, 0.15) is 11.1 Å². The smallest absolute Gasteiger partial charge is 0.313 e. The third-order valence-electron chi connectivity index (χ3n) is 3.69. The number of carbonyl (C=O) groups is 2. The second kappa shape index (κ2) is 6.32. The molecule has 0 saturated carbocycles. The molecule has 0 aliphatic carbocycles. The average molecular weight is 359 g/mol. The van der Waals surface area contributed by atoms with Crippen LogP contribution < -0.4 is 5.32 Å². The van der Waals surface area contributed by atoms with Crippen LogP contribution in [-0.2, 0) is 22.6 Å². The molecule has 0 saturated heterocycles. The zero-order chi connectivity index (χ0) is 15.5. The first kappa shape index (κ1) is 14.8. The zero-order valence-corrected chi connectivity index (χ0v) is 13.5. The molecule has 5 heteroatoms. The van der Waals surface area contributed by atoms with Crippen molar-refractivity contribution in [3.05, 3.63) is 64.1 Å². The lowest BCUT2D eigenvalue weighted by molar-refractivity contribution is -0.143. The molecule has 0 fully saturated rings. The number of benzene rings is 2. The lowest BCUT2D eigenvalue weighted by Gasteiger charge is -2.28. The van der Waals surface area contributed by atoms with E-state index in [0.29, 0.717) is 18.8 Å². The van der Waals surface area contributed by atoms with Crippen molar-refractivity contribution in [2.45, 2.75) is 13.0 Å². The Morgan fingerprint density at radius 1 is 1.05 bits per heavy atom. The second-order valence-electron chi connectivity index (χ2n) is 5.21. The van der Waals surface area contributed by atoms with Crippen LogP contribution in [0.3, 0.4) is 0 Å². The first-order chi connectivity index (χ1) is 10.6. The maximum atomic E-state index is 12.3. The lowest BCUT2D eigenvalue weighted by Crippen LogP contribution is -2.42. The monoisotopic (exact) mass is 358 g/mol. The van der Waals surface area contributed by atoms with Crippen molar-refractivity contribution >= 4 is 33.4 Å². The molecule has 2 aromatic carbocycles. The van der Waals surface area contributed by atoms with Crippen LogP contribution >= 0.6 is 15.9 Å². The number of nitrogens with one attached hydrogen (secondary N) is 1. The van der Waals surface area contributed by atoms with Gasteiger partial charge in [0.05, 0.1) is 0 Å². The second-order valence-corrected chi connectivity index (χ2v) is 6.13. The van der Waals surface area contributed by atoms with Crippen molar-refractivity contribution in [1.82, 2.24) is 4.90 Å². The van der Waals surface area contributed by atoms with Crippen LogP contribution in [0.5, 0.6) is 0 Å². The molecule has 22 heavy (non-hydrogen) atoms. The van der Waals surface area contributed by atoms with Crippen LogP contribution in [0.4, 0.5) is 5.69 Å². The number of nitrogens with zero attached hydrogens (tertiary/aromatic N) is 1. The molecule has 1 heterocycles. The SMILES string of the molecule is O=C(Nc1cccc(Br)c1)C(=O)N1CCc2ccccc2C1. The van der Waals surface area contributed by atoms with E-state index in [1.807, 2.05) is 24.3 Å². The maximum absolute atomic E-state index is 12.3. The molecular weight excluding hydrogens is 344 g/mol. The van der Waals surface area contributed by atoms with E-state index >= 15 is 0 Å². The van der Waals surface area contributed by atoms with Crippen LogP contribution in [0.15, 0.2) is 53.0 Å². The highest BCUT2D eigenvalue weighted by Gasteiger charge is 2.25. The average Bonchev–Trinajstić information content (AvgIpc) is 2.53. The fourth-order valence-electron chi connectivity index (χ4n) is 2.56. The van der Waals surface area contributed by atoms with E-state index in [1.165, 1.54) is 5.56 Å². The Morgan fingerprint density at radius 2 is 1.82 bits per heavy atom. The van der Waals surface area contributed by atoms with E-state index < -0.39 is 11.8 Å². The normalized spacial score (nSPS) is 13.4. The van der Waals surface area contributed by atoms with E-state index in [0.717, 1.165) is 16.5 Å². The third kappa shape index (κ3) is 3.20. The Bertz CT molecular complexity index is 730. The summed E-state index contributed by atoms with van der Waals surface area (Å²) in [4.78, 5) is 26.0. The van der Waals surface area contributed by atoms with Crippen molar-refractivity contribution in [2.24, 2.45) is 0 Å². The Kier molecular flexibility index (Phi) is 4.24. The molecular formula is C17H15BrN2O2. The number of amides is 2. The van der Waals surface area contributed by atoms with Crippen molar-refractivity contribution in [3.8, 4) is 0 Å². The fourth-order valence-corrected chi connectivity index (χ4v) is 2.96. The highest BCUT2D eigenvalue weighted by atomic mass is 79.9. The molecule has 1 aliphatic heterocycles. The predicted octanol–water partition coefficient (Wildman–Crippen LogP) is 2.97. The lowest BCUT2D eigenvalue weighted by atomic mass is 10.00. The number of hydrogen-bond donors (Lipinski definition) is 1. The van der Waals surface area contributed by atoms with Gasteiger partial charge >= 0.3 is 11.8 Å². The highest BCUT2D eigenvalue weighted by molar-refractivity contribution is 9.10. The number of rotatable bonds is 1. The summed E-state index contributed by atoms with van der Waals surface area (Å²) in [5.74, 6) is -1.09. The van der Waals surface area contributed by atoms with Gasteiger partial charge in [0.25, 0.3) is 0 Å². The molecule has 0 spiro atoms. The minimum atomic E-state index is -0.600. The summed E-state index contributed by atoms with van der Waals surface area (Å²) in [7, 11) is 0. The topological polar surface area (TPSA) is 49.4 Å². The van der Waals surface area contributed by atoms with Gasteiger partial charge in [-0.3, -0.25) is 9.59 Å². The molecule has 0 bridgehead atoms. The summed E-state index contributed by atoms with van der Waals surface area (Å²) in [5, 5.41) is 2.64. The first-order valence-corrected chi connectivity index (χ1v) is 7.85. The molecule has 1 N–H and O–H groups in total. The van der Waals surface area contributed by atoms with Crippen LogP contribution in [-0.4, -0.2) is 23.3 Å². The number of carbonyl (C=O) groups excluding carboxylic acids is 2. The Labute approximate surface area is 137 Å². The van der Waals surface area contributed by atoms with Gasteiger partial charge in [0, 0.05) is 23.2 Å². The molecule has 0 radical (unpaired) electrons. The number of hydrogen-bond acceptors (Lipinski definition) is 2. The van der Waals surface area contributed by atoms with Gasteiger partial charge in [0.1, 0.15) is 0 Å². The number of halogens is 1. The molecule has 2 amide bonds. The predicted molar refractivity (Wildman–Crippen MR) is 88.3 cm³/mol. The van der Waals surface area contributed by atoms with E-state index in [4.69, 9.17) is 0 Å². The van der Waals surface area contributed by atoms with Gasteiger partial charge in [-0.25, -0.2) is 0 Å². The minimum absolute atomic E-state index is 0.487. The Morgan fingerprint density at radius 3 is 2.59 bits per heavy atom. The summed E-state index contributed by atoms with van der Waals surface area (Å²) in [5.41, 5.74) is 2.96. The molecule has 1 aliphatic rings. The quantitative estimate of drug-likeness (QED) is 0.796. The largest absolute Gasteiger partial charge is 0.330 e. The summed E-state index contributed by atoms with van der Waals surface area (Å²) < 4.78 is 0.852. The van der Waals surface area contributed by atoms with Gasteiger partial charge in [-0.1, -0.05) is 46.3 Å². The van der Waals surface area contributed by atoms with Gasteiger partial charge in [-0.15, -0.1) is 0 Å². The van der Waals surface area contributed by atoms with Gasteiger partial charge in [-0.05, 0) is 35.7 Å². The van der Waals surface area contributed by atoms with Crippen molar-refractivity contribution < 1.29 is 9.59 Å². The highest BCUT2D eigenvalue weighted by Crippen LogP contribution is 2.19. The summed E-state index contributed by atoms with van der Waals surface area (Å²) in [6.45, 7) is 1.06. The molecule has 2 aromatic rings. The van der Waals surface area contributed by atoms with E-state index in [2.05, 4.69) is 27.3 Å². The standard InChI is InChI=1S/C17H15BrN2O2/c18-14-6-3-7-15(10-14)19-16(21)17(22)20-9-8-12-4-1-2-5-13(12)11-20/h1-7,10H,8-9,11H2,(H,19,21). The first-order valence-electron chi connectivity index (χ1n) is 7.06. The van der Waals surface area contributed by atoms with Crippen molar-refractivity contribution in [2.75, 3.05) is 11.9 Å². The number of fused-ring (bicyclic) bond motifs is 1. The molecule has 0 atom stereocenters. The van der Waals surface area contributed by atoms with Crippen molar-refractivity contribution in [3.63, 3.8) is 0 Å². The van der Waals surface area contributed by atoms with E-state index in [-0.39, 0.29) is 0 Å². The summed E-state index contributed by atoms with van der Waals surface area (Å²) >= 11 is 3.34. The zero-order valence-electron chi connectivity index (χ0n) is 11.9. The minimum Gasteiger partial charge on any atom is -0.330 e. The number of anilines is 1. The van der Waals surface area contributed by atoms with E-state index in [1.54, 1.807) is 23.1 Å². The van der Waals surface area contributed by atoms with Crippen LogP contribution in [0, 0.1) is 0 Å². The summed E-state index contributed by atoms with van der Waals surface area (Å²) in [6, 6.07) is 15.2. The maximum Gasteiger partial charge on any atom is 0.313 e. The van der Waals surface area contributed by atoms with Gasteiger partial charge in [-0.2, -0.15) is 0 Å². The molecule has 3 rings (SSSR count).